The van der Waals surface area contributed by atoms with E-state index in [2.05, 4.69) is 39.3 Å². The summed E-state index contributed by atoms with van der Waals surface area (Å²) in [7, 11) is 0. The number of nitrogens with zero attached hydrogens (tertiary/aromatic N) is 3. The van der Waals surface area contributed by atoms with Gasteiger partial charge >= 0.3 is 6.09 Å². The molecule has 25 heavy (non-hydrogen) atoms. The van der Waals surface area contributed by atoms with E-state index in [0.717, 1.165) is 41.8 Å². The lowest BCUT2D eigenvalue weighted by Crippen LogP contribution is -2.52. The number of carbonyl (C=O) groups is 1. The van der Waals surface area contributed by atoms with Gasteiger partial charge in [0.15, 0.2) is 0 Å². The van der Waals surface area contributed by atoms with Crippen LogP contribution in [0.3, 0.4) is 0 Å². The Labute approximate surface area is 159 Å². The summed E-state index contributed by atoms with van der Waals surface area (Å²) in [6.07, 6.45) is 5.46. The van der Waals surface area contributed by atoms with E-state index in [9.17, 15) is 4.79 Å². The molecule has 0 radical (unpaired) electrons. The zero-order valence-electron chi connectivity index (χ0n) is 15.6. The molecule has 138 valence electrons. The number of aliphatic imine (C=N–C) groups is 1. The molecule has 0 spiro atoms. The summed E-state index contributed by atoms with van der Waals surface area (Å²) < 4.78 is 6.56. The molecule has 2 aliphatic rings. The predicted octanol–water partition coefficient (Wildman–Crippen LogP) is 4.47. The molecule has 0 aromatic carbocycles. The van der Waals surface area contributed by atoms with Crippen molar-refractivity contribution in [3.63, 3.8) is 0 Å². The molecule has 0 bridgehead atoms. The Morgan fingerprint density at radius 3 is 2.48 bits per heavy atom. The van der Waals surface area contributed by atoms with Gasteiger partial charge in [0.2, 0.25) is 0 Å². The topological polar surface area (TPSA) is 45.1 Å². The first-order valence-electron chi connectivity index (χ1n) is 8.69. The van der Waals surface area contributed by atoms with Crippen molar-refractivity contribution in [3.05, 3.63) is 34.5 Å². The molecule has 0 N–H and O–H groups in total. The molecule has 1 fully saturated rings. The normalized spacial score (nSPS) is 26.8. The quantitative estimate of drug-likeness (QED) is 0.641. The summed E-state index contributed by atoms with van der Waals surface area (Å²) >= 11 is 3.57. The van der Waals surface area contributed by atoms with Crippen LogP contribution in [-0.2, 0) is 4.74 Å². The van der Waals surface area contributed by atoms with Crippen LogP contribution in [0, 0.1) is 0 Å². The van der Waals surface area contributed by atoms with Crippen LogP contribution in [0.4, 0.5) is 4.79 Å². The van der Waals surface area contributed by atoms with Crippen molar-refractivity contribution in [3.8, 4) is 0 Å². The zero-order chi connectivity index (χ0) is 18.6. The minimum atomic E-state index is -0.467. The van der Waals surface area contributed by atoms with Crippen molar-refractivity contribution >= 4 is 27.9 Å². The first-order valence-corrected chi connectivity index (χ1v) is 9.48. The van der Waals surface area contributed by atoms with Crippen LogP contribution in [0.25, 0.3) is 0 Å². The van der Waals surface area contributed by atoms with Gasteiger partial charge < -0.3 is 14.5 Å². The number of piperazine rings is 1. The van der Waals surface area contributed by atoms with Crippen molar-refractivity contribution < 1.29 is 9.53 Å². The van der Waals surface area contributed by atoms with Gasteiger partial charge in [-0.2, -0.15) is 0 Å². The van der Waals surface area contributed by atoms with Crippen molar-refractivity contribution in [2.24, 2.45) is 4.99 Å². The van der Waals surface area contributed by atoms with E-state index < -0.39 is 5.60 Å². The highest BCUT2D eigenvalue weighted by molar-refractivity contribution is 9.11. The third-order valence-electron chi connectivity index (χ3n) is 4.20. The highest BCUT2D eigenvalue weighted by atomic mass is 79.9. The number of amides is 1. The molecule has 0 atom stereocenters. The maximum absolute atomic E-state index is 12.2. The van der Waals surface area contributed by atoms with Crippen molar-refractivity contribution in [2.75, 3.05) is 26.2 Å². The summed E-state index contributed by atoms with van der Waals surface area (Å²) in [6, 6.07) is 0. The Morgan fingerprint density at radius 1 is 1.28 bits per heavy atom. The van der Waals surface area contributed by atoms with Crippen LogP contribution in [0.2, 0.25) is 0 Å². The van der Waals surface area contributed by atoms with Gasteiger partial charge in [0.25, 0.3) is 0 Å². The minimum Gasteiger partial charge on any atom is -0.444 e. The highest BCUT2D eigenvalue weighted by Gasteiger charge is 2.28. The molecule has 2 aliphatic heterocycles. The smallest absolute Gasteiger partial charge is 0.410 e. The number of allylic oxidation sites excluding steroid dienone is 2. The summed E-state index contributed by atoms with van der Waals surface area (Å²) in [4.78, 5) is 20.9. The van der Waals surface area contributed by atoms with Gasteiger partial charge in [0.05, 0.1) is 0 Å². The van der Waals surface area contributed by atoms with Crippen molar-refractivity contribution in [2.45, 2.75) is 46.1 Å². The highest BCUT2D eigenvalue weighted by Crippen LogP contribution is 2.24. The summed E-state index contributed by atoms with van der Waals surface area (Å²) in [5, 5.41) is 0. The third kappa shape index (κ3) is 5.46. The molecule has 0 aliphatic carbocycles. The van der Waals surface area contributed by atoms with Crippen LogP contribution < -0.4 is 0 Å². The SMILES string of the molecule is C=CC1=C(/C)CC/C(Br)=C/N=C\1N1CCN(C(=O)OC(C)(C)C)CC1. The Balaban J connectivity index is 2.11. The Bertz CT molecular complexity index is 621. The van der Waals surface area contributed by atoms with E-state index in [1.54, 1.807) is 4.90 Å². The lowest BCUT2D eigenvalue weighted by molar-refractivity contribution is 0.0187. The molecule has 0 aromatic rings. The Kier molecular flexibility index (Phi) is 6.49. The number of rotatable bonds is 1. The second-order valence-corrected chi connectivity index (χ2v) is 8.40. The van der Waals surface area contributed by atoms with Gasteiger partial charge in [-0.3, -0.25) is 0 Å². The first-order chi connectivity index (χ1) is 11.7. The average Bonchev–Trinajstić information content (AvgIpc) is 2.53. The Morgan fingerprint density at radius 2 is 1.92 bits per heavy atom. The molecule has 1 amide bonds. The fraction of sp³-hybridized carbons (Fsp3) is 0.579. The van der Waals surface area contributed by atoms with Gasteiger partial charge in [-0.15, -0.1) is 0 Å². The Hall–Kier alpha value is -1.56. The number of carbonyl (C=O) groups excluding carboxylic acids is 1. The summed E-state index contributed by atoms with van der Waals surface area (Å²) in [5.41, 5.74) is 1.92. The van der Waals surface area contributed by atoms with Crippen molar-refractivity contribution in [1.82, 2.24) is 9.80 Å². The molecule has 1 saturated heterocycles. The minimum absolute atomic E-state index is 0.245. The number of ether oxygens (including phenoxy) is 1. The fourth-order valence-electron chi connectivity index (χ4n) is 2.84. The maximum Gasteiger partial charge on any atom is 0.410 e. The monoisotopic (exact) mass is 409 g/mol. The molecule has 0 aromatic heterocycles. The fourth-order valence-corrected chi connectivity index (χ4v) is 3.14. The standard InChI is InChI=1S/C19H28BrN3O2/c1-6-16-14(2)7-8-15(20)13-21-17(16)22-9-11-23(12-10-22)18(24)25-19(3,4)5/h6,13H,1,7-12H2,2-5H3/b15-13-,16-14+,21-17+. The van der Waals surface area contributed by atoms with Gasteiger partial charge in [-0.1, -0.05) is 34.2 Å². The average molecular weight is 410 g/mol. The maximum atomic E-state index is 12.2. The molecular weight excluding hydrogens is 382 g/mol. The van der Waals surface area contributed by atoms with E-state index in [0.29, 0.717) is 13.1 Å². The lowest BCUT2D eigenvalue weighted by Gasteiger charge is -2.37. The second-order valence-electron chi connectivity index (χ2n) is 7.38. The van der Waals surface area contributed by atoms with E-state index in [1.165, 1.54) is 5.57 Å². The van der Waals surface area contributed by atoms with Gasteiger partial charge in [0, 0.05) is 42.4 Å². The van der Waals surface area contributed by atoms with Crippen molar-refractivity contribution in [1.29, 1.82) is 0 Å². The van der Waals surface area contributed by atoms with E-state index in [1.807, 2.05) is 33.0 Å². The predicted molar refractivity (Wildman–Crippen MR) is 106 cm³/mol. The molecular formula is C19H28BrN3O2. The largest absolute Gasteiger partial charge is 0.444 e. The number of hydrogen-bond donors (Lipinski definition) is 0. The van der Waals surface area contributed by atoms with Gasteiger partial charge in [-0.05, 0) is 40.5 Å². The molecule has 2 rings (SSSR count). The second kappa shape index (κ2) is 8.21. The van der Waals surface area contributed by atoms with E-state index in [-0.39, 0.29) is 6.09 Å². The van der Waals surface area contributed by atoms with Crippen LogP contribution in [0.15, 0.2) is 39.5 Å². The van der Waals surface area contributed by atoms with E-state index in [4.69, 9.17) is 4.74 Å². The number of amidine groups is 1. The molecule has 5 nitrogen and oxygen atoms in total. The third-order valence-corrected chi connectivity index (χ3v) is 4.80. The molecule has 2 heterocycles. The number of hydrogen-bond acceptors (Lipinski definition) is 4. The van der Waals surface area contributed by atoms with Gasteiger partial charge in [0.1, 0.15) is 11.4 Å². The zero-order valence-corrected chi connectivity index (χ0v) is 17.2. The van der Waals surface area contributed by atoms with Crippen LogP contribution in [0.1, 0.15) is 40.5 Å². The summed E-state index contributed by atoms with van der Waals surface area (Å²) in [6.45, 7) is 14.5. The lowest BCUT2D eigenvalue weighted by atomic mass is 10.0. The number of halogens is 1. The van der Waals surface area contributed by atoms with E-state index >= 15 is 0 Å². The molecule has 6 heteroatoms. The molecule has 0 saturated carbocycles. The summed E-state index contributed by atoms with van der Waals surface area (Å²) in [5.74, 6) is 0.938. The molecule has 0 unspecified atom stereocenters. The first kappa shape index (κ1) is 19.8. The van der Waals surface area contributed by atoms with Crippen LogP contribution >= 0.6 is 15.9 Å². The van der Waals surface area contributed by atoms with Crippen LogP contribution in [-0.4, -0.2) is 53.5 Å². The van der Waals surface area contributed by atoms with Gasteiger partial charge in [-0.25, -0.2) is 9.79 Å². The van der Waals surface area contributed by atoms with Crippen LogP contribution in [0.5, 0.6) is 0 Å².